The molecule has 0 bridgehead atoms. The Labute approximate surface area is 178 Å². The van der Waals surface area contributed by atoms with Crippen molar-refractivity contribution in [2.24, 2.45) is 0 Å². The number of carbonyl (C=O) groups is 1. The van der Waals surface area contributed by atoms with Crippen LogP contribution in [0.2, 0.25) is 0 Å². The van der Waals surface area contributed by atoms with Crippen molar-refractivity contribution in [1.29, 1.82) is 0 Å². The van der Waals surface area contributed by atoms with Crippen LogP contribution in [-0.4, -0.2) is 31.7 Å². The Morgan fingerprint density at radius 3 is 2.13 bits per heavy atom. The largest absolute Gasteiger partial charge is 0.348 e. The van der Waals surface area contributed by atoms with E-state index in [9.17, 15) is 13.2 Å². The Morgan fingerprint density at radius 2 is 1.50 bits per heavy atom. The zero-order valence-electron chi connectivity index (χ0n) is 17.4. The van der Waals surface area contributed by atoms with Gasteiger partial charge in [-0.3, -0.25) is 4.79 Å². The molecule has 1 N–H and O–H groups in total. The Kier molecular flexibility index (Phi) is 6.70. The fourth-order valence-corrected chi connectivity index (χ4v) is 4.42. The third-order valence-corrected chi connectivity index (χ3v) is 7.08. The third-order valence-electron chi connectivity index (χ3n) is 5.04. The number of amides is 1. The molecule has 0 saturated carbocycles. The Morgan fingerprint density at radius 1 is 0.900 bits per heavy atom. The molecule has 0 aliphatic carbocycles. The molecule has 0 aromatic heterocycles. The summed E-state index contributed by atoms with van der Waals surface area (Å²) in [5.41, 5.74) is 3.27. The monoisotopic (exact) mass is 422 g/mol. The van der Waals surface area contributed by atoms with Crippen molar-refractivity contribution in [2.75, 3.05) is 7.05 Å². The summed E-state index contributed by atoms with van der Waals surface area (Å²) in [6.07, 6.45) is 0. The van der Waals surface area contributed by atoms with Gasteiger partial charge in [-0.25, -0.2) is 8.42 Å². The van der Waals surface area contributed by atoms with Crippen molar-refractivity contribution in [2.45, 2.75) is 31.3 Å². The van der Waals surface area contributed by atoms with Crippen LogP contribution in [-0.2, 0) is 16.6 Å². The van der Waals surface area contributed by atoms with E-state index in [0.717, 1.165) is 16.7 Å². The quantitative estimate of drug-likeness (QED) is 0.617. The van der Waals surface area contributed by atoms with Gasteiger partial charge in [0.1, 0.15) is 0 Å². The molecule has 0 heterocycles. The van der Waals surface area contributed by atoms with E-state index in [1.165, 1.54) is 4.31 Å². The molecule has 3 aromatic rings. The topological polar surface area (TPSA) is 66.5 Å². The first kappa shape index (κ1) is 21.7. The van der Waals surface area contributed by atoms with Crippen molar-refractivity contribution >= 4 is 15.9 Å². The first-order chi connectivity index (χ1) is 14.3. The lowest BCUT2D eigenvalue weighted by molar-refractivity contribution is 0.0951. The molecule has 30 heavy (non-hydrogen) atoms. The molecule has 0 spiro atoms. The zero-order chi connectivity index (χ0) is 21.7. The molecular formula is C24H26N2O3S. The number of carbonyl (C=O) groups excluding carboxylic acids is 1. The summed E-state index contributed by atoms with van der Waals surface area (Å²) in [6.45, 7) is 3.96. The molecule has 0 aliphatic heterocycles. The van der Waals surface area contributed by atoms with Crippen LogP contribution in [0.4, 0.5) is 0 Å². The Hall–Kier alpha value is -2.96. The predicted octanol–water partition coefficient (Wildman–Crippen LogP) is 4.31. The van der Waals surface area contributed by atoms with Gasteiger partial charge in [0, 0.05) is 25.2 Å². The molecule has 5 nitrogen and oxygen atoms in total. The van der Waals surface area contributed by atoms with Crippen LogP contribution >= 0.6 is 0 Å². The molecule has 0 saturated heterocycles. The van der Waals surface area contributed by atoms with Crippen molar-refractivity contribution in [3.8, 4) is 11.1 Å². The molecule has 156 valence electrons. The van der Waals surface area contributed by atoms with Crippen LogP contribution in [0.5, 0.6) is 0 Å². The molecule has 0 radical (unpaired) electrons. The lowest BCUT2D eigenvalue weighted by Crippen LogP contribution is -2.33. The van der Waals surface area contributed by atoms with E-state index in [0.29, 0.717) is 12.1 Å². The lowest BCUT2D eigenvalue weighted by Gasteiger charge is -2.21. The van der Waals surface area contributed by atoms with Crippen LogP contribution in [0, 0.1) is 0 Å². The van der Waals surface area contributed by atoms with E-state index in [1.54, 1.807) is 37.4 Å². The van der Waals surface area contributed by atoms with Crippen molar-refractivity contribution in [3.05, 3.63) is 90.0 Å². The summed E-state index contributed by atoms with van der Waals surface area (Å²) >= 11 is 0. The molecular weight excluding hydrogens is 396 g/mol. The number of hydrogen-bond donors (Lipinski definition) is 1. The van der Waals surface area contributed by atoms with Crippen molar-refractivity contribution in [1.82, 2.24) is 9.62 Å². The van der Waals surface area contributed by atoms with Crippen LogP contribution in [0.15, 0.2) is 83.8 Å². The first-order valence-electron chi connectivity index (χ1n) is 9.80. The molecule has 0 aliphatic rings. The van der Waals surface area contributed by atoms with Gasteiger partial charge in [-0.05, 0) is 48.7 Å². The van der Waals surface area contributed by atoms with Crippen molar-refractivity contribution < 1.29 is 13.2 Å². The SMILES string of the molecule is CC(C)N(C)S(=O)(=O)c1ccc(CNC(=O)c2ccccc2-c2ccccc2)cc1. The second-order valence-electron chi connectivity index (χ2n) is 7.35. The van der Waals surface area contributed by atoms with E-state index in [2.05, 4.69) is 5.32 Å². The molecule has 3 rings (SSSR count). The Balaban J connectivity index is 1.72. The molecule has 1 amide bonds. The van der Waals surface area contributed by atoms with Gasteiger partial charge in [0.15, 0.2) is 0 Å². The average Bonchev–Trinajstić information content (AvgIpc) is 2.77. The number of hydrogen-bond acceptors (Lipinski definition) is 3. The highest BCUT2D eigenvalue weighted by Gasteiger charge is 2.22. The van der Waals surface area contributed by atoms with Crippen LogP contribution in [0.3, 0.4) is 0 Å². The van der Waals surface area contributed by atoms with Crippen molar-refractivity contribution in [3.63, 3.8) is 0 Å². The number of nitrogens with one attached hydrogen (secondary N) is 1. The molecule has 0 atom stereocenters. The van der Waals surface area contributed by atoms with Crippen LogP contribution in [0.1, 0.15) is 29.8 Å². The minimum atomic E-state index is -3.52. The summed E-state index contributed by atoms with van der Waals surface area (Å²) in [7, 11) is -1.95. The van der Waals surface area contributed by atoms with Crippen LogP contribution < -0.4 is 5.32 Å². The van der Waals surface area contributed by atoms with Gasteiger partial charge >= 0.3 is 0 Å². The Bertz CT molecular complexity index is 1110. The van der Waals surface area contributed by atoms with E-state index >= 15 is 0 Å². The van der Waals surface area contributed by atoms with Gasteiger partial charge in [-0.1, -0.05) is 60.7 Å². The van der Waals surface area contributed by atoms with Gasteiger partial charge in [0.2, 0.25) is 10.0 Å². The van der Waals surface area contributed by atoms with E-state index in [4.69, 9.17) is 0 Å². The van der Waals surface area contributed by atoms with Gasteiger partial charge in [0.05, 0.1) is 4.90 Å². The smallest absolute Gasteiger partial charge is 0.252 e. The fourth-order valence-electron chi connectivity index (χ4n) is 3.05. The number of sulfonamides is 1. The predicted molar refractivity (Wildman–Crippen MR) is 120 cm³/mol. The molecule has 0 fully saturated rings. The fraction of sp³-hybridized carbons (Fsp3) is 0.208. The summed E-state index contributed by atoms with van der Waals surface area (Å²) in [5.74, 6) is -0.175. The van der Waals surface area contributed by atoms with Crippen LogP contribution in [0.25, 0.3) is 11.1 Å². The first-order valence-corrected chi connectivity index (χ1v) is 11.2. The highest BCUT2D eigenvalue weighted by atomic mass is 32.2. The van der Waals surface area contributed by atoms with Gasteiger partial charge < -0.3 is 5.32 Å². The standard InChI is InChI=1S/C24H26N2O3S/c1-18(2)26(3)30(28,29)21-15-13-19(14-16-21)17-25-24(27)23-12-8-7-11-22(23)20-9-5-4-6-10-20/h4-16,18H,17H2,1-3H3,(H,25,27). The maximum atomic E-state index is 12.8. The van der Waals surface area contributed by atoms with E-state index < -0.39 is 10.0 Å². The highest BCUT2D eigenvalue weighted by Crippen LogP contribution is 2.23. The molecule has 0 unspecified atom stereocenters. The minimum Gasteiger partial charge on any atom is -0.348 e. The third kappa shape index (κ3) is 4.78. The minimum absolute atomic E-state index is 0.126. The van der Waals surface area contributed by atoms with E-state index in [1.807, 2.05) is 62.4 Å². The van der Waals surface area contributed by atoms with Gasteiger partial charge in [-0.2, -0.15) is 4.31 Å². The number of rotatable bonds is 7. The molecule has 3 aromatic carbocycles. The van der Waals surface area contributed by atoms with Gasteiger partial charge in [0.25, 0.3) is 5.91 Å². The highest BCUT2D eigenvalue weighted by molar-refractivity contribution is 7.89. The summed E-state index contributed by atoms with van der Waals surface area (Å²) < 4.78 is 26.5. The normalized spacial score (nSPS) is 11.6. The zero-order valence-corrected chi connectivity index (χ0v) is 18.2. The lowest BCUT2D eigenvalue weighted by atomic mass is 9.99. The second kappa shape index (κ2) is 9.24. The summed E-state index contributed by atoms with van der Waals surface area (Å²) in [4.78, 5) is 13.0. The summed E-state index contributed by atoms with van der Waals surface area (Å²) in [6, 6.07) is 23.7. The maximum absolute atomic E-state index is 12.8. The number of benzene rings is 3. The molecule has 6 heteroatoms. The van der Waals surface area contributed by atoms with E-state index in [-0.39, 0.29) is 16.8 Å². The maximum Gasteiger partial charge on any atom is 0.252 e. The van der Waals surface area contributed by atoms with Gasteiger partial charge in [-0.15, -0.1) is 0 Å². The second-order valence-corrected chi connectivity index (χ2v) is 9.35. The summed E-state index contributed by atoms with van der Waals surface area (Å²) in [5, 5.41) is 2.93. The average molecular weight is 423 g/mol. The number of nitrogens with zero attached hydrogens (tertiary/aromatic N) is 1.